The topological polar surface area (TPSA) is 101 Å². The Balaban J connectivity index is 2.20. The number of amides is 1. The van der Waals surface area contributed by atoms with E-state index in [0.29, 0.717) is 12.6 Å². The van der Waals surface area contributed by atoms with E-state index < -0.39 is 6.04 Å². The van der Waals surface area contributed by atoms with Crippen molar-refractivity contribution < 1.29 is 9.59 Å². The number of aldehydes is 1. The molecule has 3 unspecified atom stereocenters. The summed E-state index contributed by atoms with van der Waals surface area (Å²) in [6.07, 6.45) is 3.50. The third kappa shape index (κ3) is 4.07. The summed E-state index contributed by atoms with van der Waals surface area (Å²) >= 11 is 0. The van der Waals surface area contributed by atoms with Gasteiger partial charge in [0, 0.05) is 12.6 Å². The lowest BCUT2D eigenvalue weighted by atomic mass is 10.1. The van der Waals surface area contributed by atoms with Gasteiger partial charge in [-0.1, -0.05) is 0 Å². The predicted molar refractivity (Wildman–Crippen MR) is 65.3 cm³/mol. The quantitative estimate of drug-likeness (QED) is 0.370. The highest BCUT2D eigenvalue weighted by Gasteiger charge is 2.33. The summed E-state index contributed by atoms with van der Waals surface area (Å²) in [6.45, 7) is 1.29. The number of carbonyl (C=O) groups excluding carboxylic acids is 2. The minimum atomic E-state index is -0.435. The Hall–Kier alpha value is -0.980. The van der Waals surface area contributed by atoms with E-state index >= 15 is 0 Å². The first-order valence-corrected chi connectivity index (χ1v) is 5.99. The van der Waals surface area contributed by atoms with E-state index in [1.54, 1.807) is 0 Å². The summed E-state index contributed by atoms with van der Waals surface area (Å²) < 4.78 is 0. The zero-order valence-corrected chi connectivity index (χ0v) is 10.3. The average molecular weight is 242 g/mol. The molecule has 1 fully saturated rings. The van der Waals surface area contributed by atoms with Gasteiger partial charge in [0.2, 0.25) is 5.91 Å². The normalized spacial score (nSPS) is 26.9. The van der Waals surface area contributed by atoms with Gasteiger partial charge in [-0.3, -0.25) is 9.69 Å². The van der Waals surface area contributed by atoms with Crippen molar-refractivity contribution in [3.8, 4) is 0 Å². The van der Waals surface area contributed by atoms with Crippen molar-refractivity contribution in [3.63, 3.8) is 0 Å². The molecule has 1 aliphatic rings. The fourth-order valence-corrected chi connectivity index (χ4v) is 2.29. The first-order valence-electron chi connectivity index (χ1n) is 5.99. The molecule has 1 amide bonds. The molecule has 17 heavy (non-hydrogen) atoms. The van der Waals surface area contributed by atoms with E-state index in [-0.39, 0.29) is 11.9 Å². The van der Waals surface area contributed by atoms with Crippen LogP contribution in [0.25, 0.3) is 0 Å². The summed E-state index contributed by atoms with van der Waals surface area (Å²) in [5.41, 5.74) is 10.8. The van der Waals surface area contributed by atoms with Crippen molar-refractivity contribution in [1.82, 2.24) is 10.2 Å². The molecule has 6 heteroatoms. The van der Waals surface area contributed by atoms with Crippen LogP contribution >= 0.6 is 0 Å². The van der Waals surface area contributed by atoms with Gasteiger partial charge in [0.15, 0.2) is 0 Å². The number of likely N-dealkylation sites (N-methyl/N-ethyl adjacent to an activating group) is 1. The van der Waals surface area contributed by atoms with Crippen LogP contribution in [0.15, 0.2) is 0 Å². The lowest BCUT2D eigenvalue weighted by Gasteiger charge is -2.23. The molecule has 0 aliphatic carbocycles. The molecule has 1 aliphatic heterocycles. The van der Waals surface area contributed by atoms with Crippen LogP contribution in [0.4, 0.5) is 0 Å². The van der Waals surface area contributed by atoms with Gasteiger partial charge in [-0.2, -0.15) is 0 Å². The molecule has 6 nitrogen and oxygen atoms in total. The summed E-state index contributed by atoms with van der Waals surface area (Å²) in [6, 6.07) is -0.181. The van der Waals surface area contributed by atoms with Crippen LogP contribution in [0.3, 0.4) is 0 Å². The number of hydrogen-bond acceptors (Lipinski definition) is 5. The minimum Gasteiger partial charge on any atom is -0.368 e. The molecular formula is C11H22N4O2. The van der Waals surface area contributed by atoms with Gasteiger partial charge in [0.1, 0.15) is 6.29 Å². The molecule has 1 heterocycles. The number of primary amides is 1. The van der Waals surface area contributed by atoms with Crippen molar-refractivity contribution in [1.29, 1.82) is 0 Å². The van der Waals surface area contributed by atoms with Crippen LogP contribution in [0.5, 0.6) is 0 Å². The van der Waals surface area contributed by atoms with E-state index in [0.717, 1.165) is 32.1 Å². The van der Waals surface area contributed by atoms with Crippen LogP contribution in [-0.4, -0.2) is 55.4 Å². The van der Waals surface area contributed by atoms with Crippen LogP contribution < -0.4 is 16.8 Å². The van der Waals surface area contributed by atoms with Gasteiger partial charge in [-0.25, -0.2) is 0 Å². The molecular weight excluding hydrogens is 220 g/mol. The second-order valence-corrected chi connectivity index (χ2v) is 4.61. The maximum Gasteiger partial charge on any atom is 0.234 e. The molecule has 0 bridgehead atoms. The van der Waals surface area contributed by atoms with Crippen LogP contribution in [0, 0.1) is 0 Å². The minimum absolute atomic E-state index is 0.128. The summed E-state index contributed by atoms with van der Waals surface area (Å²) in [5.74, 6) is -0.245. The van der Waals surface area contributed by atoms with Crippen molar-refractivity contribution in [2.75, 3.05) is 20.1 Å². The molecule has 0 aromatic rings. The van der Waals surface area contributed by atoms with Gasteiger partial charge >= 0.3 is 0 Å². The van der Waals surface area contributed by atoms with E-state index in [9.17, 15) is 9.59 Å². The Labute approximate surface area is 102 Å². The van der Waals surface area contributed by atoms with Crippen molar-refractivity contribution >= 4 is 12.2 Å². The molecule has 0 radical (unpaired) electrons. The highest BCUT2D eigenvalue weighted by molar-refractivity contribution is 5.80. The number of carbonyl (C=O) groups is 2. The Morgan fingerprint density at radius 2 is 2.29 bits per heavy atom. The highest BCUT2D eigenvalue weighted by Crippen LogP contribution is 2.23. The third-order valence-corrected chi connectivity index (χ3v) is 3.38. The SMILES string of the molecule is CN1C(CCNCC(N)C=O)CCC1C(N)=O. The number of nitrogens with zero attached hydrogens (tertiary/aromatic N) is 1. The Kier molecular flexibility index (Phi) is 5.54. The fraction of sp³-hybridized carbons (Fsp3) is 0.818. The van der Waals surface area contributed by atoms with Gasteiger partial charge in [0.25, 0.3) is 0 Å². The first kappa shape index (κ1) is 14.1. The first-order chi connectivity index (χ1) is 8.06. The lowest BCUT2D eigenvalue weighted by molar-refractivity contribution is -0.122. The molecule has 3 atom stereocenters. The maximum atomic E-state index is 11.1. The zero-order valence-electron chi connectivity index (χ0n) is 10.3. The molecule has 98 valence electrons. The monoisotopic (exact) mass is 242 g/mol. The molecule has 0 aromatic heterocycles. The Morgan fingerprint density at radius 1 is 1.59 bits per heavy atom. The van der Waals surface area contributed by atoms with Crippen molar-refractivity contribution in [2.24, 2.45) is 11.5 Å². The number of rotatable bonds is 7. The molecule has 0 saturated carbocycles. The number of nitrogens with two attached hydrogens (primary N) is 2. The van der Waals surface area contributed by atoms with Gasteiger partial charge in [-0.15, -0.1) is 0 Å². The standard InChI is InChI=1S/C11H22N4O2/c1-15-9(2-3-10(15)11(13)17)4-5-14-6-8(12)7-16/h7-10,14H,2-6,12H2,1H3,(H2,13,17). The number of hydrogen-bond donors (Lipinski definition) is 3. The van der Waals surface area contributed by atoms with Crippen LogP contribution in [0.2, 0.25) is 0 Å². The largest absolute Gasteiger partial charge is 0.368 e. The second-order valence-electron chi connectivity index (χ2n) is 4.61. The van der Waals surface area contributed by atoms with Gasteiger partial charge in [-0.05, 0) is 32.9 Å². The Morgan fingerprint density at radius 3 is 2.82 bits per heavy atom. The molecule has 5 N–H and O–H groups in total. The predicted octanol–water partition coefficient (Wildman–Crippen LogP) is -1.56. The molecule has 1 saturated heterocycles. The molecule has 1 rings (SSSR count). The summed E-state index contributed by atoms with van der Waals surface area (Å²) in [7, 11) is 1.93. The van der Waals surface area contributed by atoms with E-state index in [1.807, 2.05) is 11.9 Å². The highest BCUT2D eigenvalue weighted by atomic mass is 16.1. The van der Waals surface area contributed by atoms with Gasteiger partial charge in [0.05, 0.1) is 12.1 Å². The number of nitrogens with one attached hydrogen (secondary N) is 1. The van der Waals surface area contributed by atoms with E-state index in [1.165, 1.54) is 0 Å². The van der Waals surface area contributed by atoms with E-state index in [2.05, 4.69) is 5.32 Å². The lowest BCUT2D eigenvalue weighted by Crippen LogP contribution is -2.42. The smallest absolute Gasteiger partial charge is 0.234 e. The van der Waals surface area contributed by atoms with Crippen molar-refractivity contribution in [2.45, 2.75) is 37.4 Å². The zero-order chi connectivity index (χ0) is 12.8. The maximum absolute atomic E-state index is 11.1. The van der Waals surface area contributed by atoms with Gasteiger partial charge < -0.3 is 21.6 Å². The van der Waals surface area contributed by atoms with E-state index in [4.69, 9.17) is 11.5 Å². The fourth-order valence-electron chi connectivity index (χ4n) is 2.29. The number of likely N-dealkylation sites (tertiary alicyclic amines) is 1. The summed E-state index contributed by atoms with van der Waals surface area (Å²) in [4.78, 5) is 23.5. The molecule has 0 spiro atoms. The third-order valence-electron chi connectivity index (χ3n) is 3.38. The summed E-state index contributed by atoms with van der Waals surface area (Å²) in [5, 5.41) is 3.13. The Bertz CT molecular complexity index is 272. The van der Waals surface area contributed by atoms with Crippen LogP contribution in [0.1, 0.15) is 19.3 Å². The van der Waals surface area contributed by atoms with Crippen LogP contribution in [-0.2, 0) is 9.59 Å². The average Bonchev–Trinajstić information content (AvgIpc) is 2.66. The van der Waals surface area contributed by atoms with Crippen molar-refractivity contribution in [3.05, 3.63) is 0 Å². The second kappa shape index (κ2) is 6.68. The molecule has 0 aromatic carbocycles.